The predicted octanol–water partition coefficient (Wildman–Crippen LogP) is 3.91. The second-order valence-corrected chi connectivity index (χ2v) is 7.15. The van der Waals surface area contributed by atoms with Gasteiger partial charge >= 0.3 is 0 Å². The van der Waals surface area contributed by atoms with Crippen LogP contribution < -0.4 is 0 Å². The molecule has 1 aliphatic rings. The average Bonchev–Trinajstić information content (AvgIpc) is 3.13. The lowest BCUT2D eigenvalue weighted by atomic mass is 9.91. The first-order chi connectivity index (χ1) is 13.5. The summed E-state index contributed by atoms with van der Waals surface area (Å²) in [6.07, 6.45) is 3.51. The molecule has 0 saturated carbocycles. The SMILES string of the molecule is Cc1cc(-c2cnc(C)nc2[C@@H]2CCCN(C(=O)c3cccc(F)c3)C2)on1. The highest BCUT2D eigenvalue weighted by Gasteiger charge is 2.29. The Morgan fingerprint density at radius 2 is 2.14 bits per heavy atom. The maximum absolute atomic E-state index is 13.5. The van der Waals surface area contributed by atoms with Gasteiger partial charge < -0.3 is 9.42 Å². The molecule has 144 valence electrons. The molecule has 0 bridgehead atoms. The largest absolute Gasteiger partial charge is 0.356 e. The molecule has 6 nitrogen and oxygen atoms in total. The van der Waals surface area contributed by atoms with Crippen molar-refractivity contribution in [1.82, 2.24) is 20.0 Å². The summed E-state index contributed by atoms with van der Waals surface area (Å²) >= 11 is 0. The molecule has 0 radical (unpaired) electrons. The van der Waals surface area contributed by atoms with Gasteiger partial charge in [-0.3, -0.25) is 4.79 Å². The van der Waals surface area contributed by atoms with Gasteiger partial charge in [0.15, 0.2) is 5.76 Å². The number of amides is 1. The summed E-state index contributed by atoms with van der Waals surface area (Å²) < 4.78 is 18.9. The smallest absolute Gasteiger partial charge is 0.253 e. The van der Waals surface area contributed by atoms with Crippen molar-refractivity contribution in [3.05, 3.63) is 65.1 Å². The Labute approximate surface area is 162 Å². The van der Waals surface area contributed by atoms with Crippen molar-refractivity contribution in [3.8, 4) is 11.3 Å². The van der Waals surface area contributed by atoms with E-state index in [9.17, 15) is 9.18 Å². The van der Waals surface area contributed by atoms with Crippen molar-refractivity contribution in [1.29, 1.82) is 0 Å². The van der Waals surface area contributed by atoms with Gasteiger partial charge in [-0.2, -0.15) is 0 Å². The predicted molar refractivity (Wildman–Crippen MR) is 101 cm³/mol. The van der Waals surface area contributed by atoms with Gasteiger partial charge in [-0.25, -0.2) is 14.4 Å². The quantitative estimate of drug-likeness (QED) is 0.689. The highest BCUT2D eigenvalue weighted by molar-refractivity contribution is 5.94. The third kappa shape index (κ3) is 3.65. The second-order valence-electron chi connectivity index (χ2n) is 7.15. The topological polar surface area (TPSA) is 72.1 Å². The molecule has 7 heteroatoms. The second kappa shape index (κ2) is 7.50. The van der Waals surface area contributed by atoms with Gasteiger partial charge in [-0.15, -0.1) is 0 Å². The molecule has 2 aromatic heterocycles. The van der Waals surface area contributed by atoms with E-state index < -0.39 is 5.82 Å². The zero-order valence-electron chi connectivity index (χ0n) is 15.9. The van der Waals surface area contributed by atoms with Gasteiger partial charge in [0, 0.05) is 36.8 Å². The molecule has 28 heavy (non-hydrogen) atoms. The van der Waals surface area contributed by atoms with Crippen LogP contribution in [0.1, 0.15) is 46.3 Å². The Bertz CT molecular complexity index is 1020. The highest BCUT2D eigenvalue weighted by Crippen LogP contribution is 2.33. The van der Waals surface area contributed by atoms with Gasteiger partial charge in [0.25, 0.3) is 5.91 Å². The molecule has 0 N–H and O–H groups in total. The van der Waals surface area contributed by atoms with Gasteiger partial charge in [0.1, 0.15) is 11.6 Å². The number of halogens is 1. The Balaban J connectivity index is 1.63. The number of nitrogens with zero attached hydrogens (tertiary/aromatic N) is 4. The van der Waals surface area contributed by atoms with E-state index in [1.165, 1.54) is 12.1 Å². The number of aryl methyl sites for hydroxylation is 2. The molecule has 0 aliphatic carbocycles. The van der Waals surface area contributed by atoms with E-state index in [2.05, 4.69) is 15.1 Å². The van der Waals surface area contributed by atoms with E-state index in [1.54, 1.807) is 23.2 Å². The lowest BCUT2D eigenvalue weighted by molar-refractivity contribution is 0.0705. The molecule has 1 aromatic carbocycles. The number of hydrogen-bond acceptors (Lipinski definition) is 5. The third-order valence-corrected chi connectivity index (χ3v) is 5.00. The fourth-order valence-electron chi connectivity index (χ4n) is 3.67. The van der Waals surface area contributed by atoms with E-state index in [-0.39, 0.29) is 11.8 Å². The molecule has 0 unspecified atom stereocenters. The van der Waals surface area contributed by atoms with Crippen LogP contribution in [0.15, 0.2) is 41.1 Å². The zero-order valence-corrected chi connectivity index (χ0v) is 15.9. The molecular weight excluding hydrogens is 359 g/mol. The molecule has 1 saturated heterocycles. The zero-order chi connectivity index (χ0) is 19.7. The number of carbonyl (C=O) groups excluding carboxylic acids is 1. The summed E-state index contributed by atoms with van der Waals surface area (Å²) in [5.74, 6) is 0.777. The maximum atomic E-state index is 13.5. The first-order valence-electron chi connectivity index (χ1n) is 9.33. The van der Waals surface area contributed by atoms with Crippen LogP contribution in [-0.2, 0) is 0 Å². The third-order valence-electron chi connectivity index (χ3n) is 5.00. The number of piperidine rings is 1. The lowest BCUT2D eigenvalue weighted by Gasteiger charge is -2.33. The Kier molecular flexibility index (Phi) is 4.90. The summed E-state index contributed by atoms with van der Waals surface area (Å²) in [6, 6.07) is 7.68. The Morgan fingerprint density at radius 1 is 1.29 bits per heavy atom. The van der Waals surface area contributed by atoms with Gasteiger partial charge in [-0.05, 0) is 44.9 Å². The van der Waals surface area contributed by atoms with E-state index >= 15 is 0 Å². The molecule has 3 heterocycles. The minimum Gasteiger partial charge on any atom is -0.356 e. The molecule has 1 aliphatic heterocycles. The first-order valence-corrected chi connectivity index (χ1v) is 9.33. The van der Waals surface area contributed by atoms with E-state index in [0.29, 0.717) is 30.2 Å². The maximum Gasteiger partial charge on any atom is 0.253 e. The number of benzene rings is 1. The minimum atomic E-state index is -0.409. The Hall–Kier alpha value is -3.09. The molecule has 4 rings (SSSR count). The number of carbonyl (C=O) groups is 1. The first kappa shape index (κ1) is 18.3. The van der Waals surface area contributed by atoms with Crippen LogP contribution in [0.5, 0.6) is 0 Å². The van der Waals surface area contributed by atoms with Crippen molar-refractivity contribution < 1.29 is 13.7 Å². The fourth-order valence-corrected chi connectivity index (χ4v) is 3.67. The standard InChI is InChI=1S/C21H21FN4O2/c1-13-9-19(28-25-13)18-11-23-14(2)24-20(18)16-6-4-8-26(12-16)21(27)15-5-3-7-17(22)10-15/h3,5,7,9-11,16H,4,6,8,12H2,1-2H3/t16-/m1/s1. The molecule has 0 spiro atoms. The van der Waals surface area contributed by atoms with Crippen molar-refractivity contribution in [2.45, 2.75) is 32.6 Å². The normalized spacial score (nSPS) is 17.0. The molecule has 1 amide bonds. The highest BCUT2D eigenvalue weighted by atomic mass is 19.1. The number of likely N-dealkylation sites (tertiary alicyclic amines) is 1. The number of aromatic nitrogens is 3. The van der Waals surface area contributed by atoms with Crippen molar-refractivity contribution in [2.24, 2.45) is 0 Å². The Morgan fingerprint density at radius 3 is 2.89 bits per heavy atom. The van der Waals surface area contributed by atoms with E-state index in [0.717, 1.165) is 29.8 Å². The average molecular weight is 380 g/mol. The van der Waals surface area contributed by atoms with Crippen LogP contribution in [0.25, 0.3) is 11.3 Å². The minimum absolute atomic E-state index is 0.0494. The van der Waals surface area contributed by atoms with Crippen LogP contribution in [0.2, 0.25) is 0 Å². The van der Waals surface area contributed by atoms with Crippen molar-refractivity contribution in [3.63, 3.8) is 0 Å². The van der Waals surface area contributed by atoms with Crippen LogP contribution >= 0.6 is 0 Å². The molecule has 1 fully saturated rings. The summed E-state index contributed by atoms with van der Waals surface area (Å²) in [7, 11) is 0. The van der Waals surface area contributed by atoms with Crippen LogP contribution in [-0.4, -0.2) is 39.0 Å². The molecule has 1 atom stereocenters. The summed E-state index contributed by atoms with van der Waals surface area (Å²) in [5.41, 5.74) is 2.82. The molecular formula is C21H21FN4O2. The van der Waals surface area contributed by atoms with Crippen LogP contribution in [0, 0.1) is 19.7 Å². The molecule has 3 aromatic rings. The fraction of sp³-hybridized carbons (Fsp3) is 0.333. The monoisotopic (exact) mass is 380 g/mol. The van der Waals surface area contributed by atoms with Crippen LogP contribution in [0.4, 0.5) is 4.39 Å². The summed E-state index contributed by atoms with van der Waals surface area (Å²) in [4.78, 5) is 23.6. The van der Waals surface area contributed by atoms with Crippen LogP contribution in [0.3, 0.4) is 0 Å². The van der Waals surface area contributed by atoms with Gasteiger partial charge in [0.2, 0.25) is 0 Å². The van der Waals surface area contributed by atoms with Gasteiger partial charge in [-0.1, -0.05) is 11.2 Å². The summed E-state index contributed by atoms with van der Waals surface area (Å²) in [6.45, 7) is 4.87. The lowest BCUT2D eigenvalue weighted by Crippen LogP contribution is -2.39. The van der Waals surface area contributed by atoms with Crippen molar-refractivity contribution >= 4 is 5.91 Å². The van der Waals surface area contributed by atoms with Gasteiger partial charge in [0.05, 0.1) is 17.0 Å². The summed E-state index contributed by atoms with van der Waals surface area (Å²) in [5, 5.41) is 3.96. The number of rotatable bonds is 3. The van der Waals surface area contributed by atoms with E-state index in [4.69, 9.17) is 4.52 Å². The number of hydrogen-bond donors (Lipinski definition) is 0. The van der Waals surface area contributed by atoms with E-state index in [1.807, 2.05) is 19.9 Å². The van der Waals surface area contributed by atoms with Crippen molar-refractivity contribution in [2.75, 3.05) is 13.1 Å².